The van der Waals surface area contributed by atoms with E-state index in [1.54, 1.807) is 14.2 Å². The lowest BCUT2D eigenvalue weighted by Gasteiger charge is -2.69. The summed E-state index contributed by atoms with van der Waals surface area (Å²) < 4.78 is 11.3. The van der Waals surface area contributed by atoms with Gasteiger partial charge in [0.2, 0.25) is 0 Å². The average Bonchev–Trinajstić information content (AvgIpc) is 2.91. The van der Waals surface area contributed by atoms with E-state index in [1.165, 1.54) is 32.1 Å². The molecule has 4 aliphatic rings. The van der Waals surface area contributed by atoms with E-state index >= 15 is 0 Å². The average molecular weight is 405 g/mol. The molecular weight excluding hydrogens is 364 g/mol. The molecule has 0 aromatic carbocycles. The van der Waals surface area contributed by atoms with Crippen LogP contribution in [0, 0.1) is 33.5 Å². The van der Waals surface area contributed by atoms with Crippen LogP contribution in [0.15, 0.2) is 0 Å². The van der Waals surface area contributed by atoms with Gasteiger partial charge in [-0.1, -0.05) is 40.5 Å². The Morgan fingerprint density at radius 3 is 2.34 bits per heavy atom. The molecule has 0 aromatic heterocycles. The van der Waals surface area contributed by atoms with Crippen molar-refractivity contribution in [1.29, 1.82) is 0 Å². The van der Waals surface area contributed by atoms with Gasteiger partial charge in [0, 0.05) is 31.5 Å². The summed E-state index contributed by atoms with van der Waals surface area (Å²) >= 11 is 0. The number of Topliss-reactive ketones (excluding diaryl/α,β-unsaturated/α-hetero) is 2. The van der Waals surface area contributed by atoms with Crippen LogP contribution in [0.25, 0.3) is 0 Å². The van der Waals surface area contributed by atoms with Crippen LogP contribution in [-0.2, 0) is 19.1 Å². The third-order valence-corrected chi connectivity index (χ3v) is 11.2. The van der Waals surface area contributed by atoms with E-state index in [9.17, 15) is 9.59 Å². The minimum Gasteiger partial charge on any atom is -0.377 e. The quantitative estimate of drug-likeness (QED) is 0.663. The molecule has 4 rings (SSSR count). The number of carbonyl (C=O) groups excluding carboxylic acids is 2. The van der Waals surface area contributed by atoms with E-state index in [0.717, 1.165) is 12.8 Å². The van der Waals surface area contributed by atoms with Gasteiger partial charge in [-0.2, -0.15) is 0 Å². The van der Waals surface area contributed by atoms with Gasteiger partial charge in [-0.25, -0.2) is 0 Å². The standard InChI is InChI=1S/C25H40O4/c1-21-12-8-7-9-17(21)10-11-18-22(2)13-14-25(29-6,20(27)16-28-5)23(22,3)15-19(26)24(18,21)4/h17-18H,7-16H2,1-6H3/t17-,18-,21-,22-,23-,24+,25?/m0/s1. The first-order valence-corrected chi connectivity index (χ1v) is 11.7. The van der Waals surface area contributed by atoms with Crippen LogP contribution in [-0.4, -0.2) is 38.0 Å². The maximum absolute atomic E-state index is 14.1. The summed E-state index contributed by atoms with van der Waals surface area (Å²) in [6.45, 7) is 9.31. The Labute approximate surface area is 176 Å². The number of fused-ring (bicyclic) bond motifs is 5. The van der Waals surface area contributed by atoms with E-state index in [1.807, 2.05) is 0 Å². The molecule has 4 aliphatic carbocycles. The van der Waals surface area contributed by atoms with Gasteiger partial charge in [-0.15, -0.1) is 0 Å². The number of hydrogen-bond donors (Lipinski definition) is 0. The van der Waals surface area contributed by atoms with E-state index in [0.29, 0.717) is 30.5 Å². The third-order valence-electron chi connectivity index (χ3n) is 11.2. The highest BCUT2D eigenvalue weighted by Gasteiger charge is 2.77. The van der Waals surface area contributed by atoms with E-state index < -0.39 is 11.0 Å². The first-order chi connectivity index (χ1) is 13.6. The van der Waals surface area contributed by atoms with Crippen LogP contribution in [0.4, 0.5) is 0 Å². The fourth-order valence-corrected chi connectivity index (χ4v) is 9.07. The Bertz CT molecular complexity index is 718. The van der Waals surface area contributed by atoms with Crippen molar-refractivity contribution in [2.24, 2.45) is 33.5 Å². The van der Waals surface area contributed by atoms with Crippen molar-refractivity contribution in [3.05, 3.63) is 0 Å². The zero-order valence-corrected chi connectivity index (χ0v) is 19.4. The van der Waals surface area contributed by atoms with E-state index in [2.05, 4.69) is 27.7 Å². The molecule has 164 valence electrons. The van der Waals surface area contributed by atoms with Crippen LogP contribution >= 0.6 is 0 Å². The minimum absolute atomic E-state index is 0.00249. The van der Waals surface area contributed by atoms with Gasteiger partial charge in [0.1, 0.15) is 18.0 Å². The smallest absolute Gasteiger partial charge is 0.190 e. The van der Waals surface area contributed by atoms with Crippen LogP contribution in [0.5, 0.6) is 0 Å². The topological polar surface area (TPSA) is 52.6 Å². The molecule has 0 bridgehead atoms. The van der Waals surface area contributed by atoms with Crippen molar-refractivity contribution in [3.8, 4) is 0 Å². The molecule has 1 unspecified atom stereocenters. The first-order valence-electron chi connectivity index (χ1n) is 11.7. The molecular formula is C25H40O4. The van der Waals surface area contributed by atoms with Gasteiger partial charge < -0.3 is 9.47 Å². The predicted molar refractivity (Wildman–Crippen MR) is 113 cm³/mol. The predicted octanol–water partition coefficient (Wildman–Crippen LogP) is 4.98. The van der Waals surface area contributed by atoms with Crippen LogP contribution in [0.3, 0.4) is 0 Å². The number of methoxy groups -OCH3 is 2. The largest absolute Gasteiger partial charge is 0.377 e. The van der Waals surface area contributed by atoms with Crippen molar-refractivity contribution >= 4 is 11.6 Å². The highest BCUT2D eigenvalue weighted by molar-refractivity contribution is 5.94. The van der Waals surface area contributed by atoms with Crippen molar-refractivity contribution in [1.82, 2.24) is 0 Å². The molecule has 4 fully saturated rings. The summed E-state index contributed by atoms with van der Waals surface area (Å²) in [6, 6.07) is 0. The molecule has 0 saturated heterocycles. The molecule has 0 heterocycles. The Balaban J connectivity index is 1.83. The molecule has 0 N–H and O–H groups in total. The van der Waals surface area contributed by atoms with Crippen LogP contribution in [0.2, 0.25) is 0 Å². The summed E-state index contributed by atoms with van der Waals surface area (Å²) in [5.74, 6) is 1.36. The SMILES string of the molecule is COCC(=O)C1(OC)CC[C@@]2(C)[C@@H]3CC[C@@H]4CCCC[C@]4(C)[C@@]3(C)C(=O)C[C@]12C. The number of hydrogen-bond acceptors (Lipinski definition) is 4. The monoisotopic (exact) mass is 404 g/mol. The molecule has 0 spiro atoms. The lowest BCUT2D eigenvalue weighted by atomic mass is 9.34. The van der Waals surface area contributed by atoms with Crippen molar-refractivity contribution in [2.45, 2.75) is 91.1 Å². The second-order valence-corrected chi connectivity index (χ2v) is 11.4. The van der Waals surface area contributed by atoms with Crippen molar-refractivity contribution in [2.75, 3.05) is 20.8 Å². The first kappa shape index (κ1) is 21.5. The lowest BCUT2D eigenvalue weighted by molar-refractivity contribution is -0.223. The van der Waals surface area contributed by atoms with E-state index in [4.69, 9.17) is 9.47 Å². The molecule has 0 aromatic rings. The Morgan fingerprint density at radius 2 is 1.69 bits per heavy atom. The second-order valence-electron chi connectivity index (χ2n) is 11.4. The molecule has 7 atom stereocenters. The molecule has 4 heteroatoms. The molecule has 29 heavy (non-hydrogen) atoms. The number of ketones is 2. The van der Waals surface area contributed by atoms with Gasteiger partial charge >= 0.3 is 0 Å². The fraction of sp³-hybridized carbons (Fsp3) is 0.920. The van der Waals surface area contributed by atoms with Gasteiger partial charge in [0.25, 0.3) is 0 Å². The Morgan fingerprint density at radius 1 is 0.966 bits per heavy atom. The normalized spacial score (nSPS) is 51.9. The Hall–Kier alpha value is -0.740. The van der Waals surface area contributed by atoms with Gasteiger partial charge in [-0.3, -0.25) is 9.59 Å². The molecule has 0 aliphatic heterocycles. The van der Waals surface area contributed by atoms with Crippen LogP contribution in [0.1, 0.15) is 85.5 Å². The third kappa shape index (κ3) is 2.28. The van der Waals surface area contributed by atoms with Gasteiger partial charge in [0.05, 0.1) is 0 Å². The van der Waals surface area contributed by atoms with Crippen molar-refractivity contribution in [3.63, 3.8) is 0 Å². The lowest BCUT2D eigenvalue weighted by Crippen LogP contribution is -2.69. The number of rotatable bonds is 4. The zero-order chi connectivity index (χ0) is 21.3. The summed E-state index contributed by atoms with van der Waals surface area (Å²) in [6.07, 6.45) is 9.40. The molecule has 4 saturated carbocycles. The summed E-state index contributed by atoms with van der Waals surface area (Å²) in [7, 11) is 3.22. The summed E-state index contributed by atoms with van der Waals surface area (Å²) in [4.78, 5) is 27.4. The van der Waals surface area contributed by atoms with Gasteiger partial charge in [-0.05, 0) is 61.2 Å². The zero-order valence-electron chi connectivity index (χ0n) is 19.4. The number of carbonyl (C=O) groups is 2. The molecule has 0 radical (unpaired) electrons. The highest BCUT2D eigenvalue weighted by atomic mass is 16.5. The maximum atomic E-state index is 14.1. The summed E-state index contributed by atoms with van der Waals surface area (Å²) in [5.41, 5.74) is -1.69. The van der Waals surface area contributed by atoms with E-state index in [-0.39, 0.29) is 28.6 Å². The minimum atomic E-state index is -0.918. The number of ether oxygens (including phenoxy) is 2. The van der Waals surface area contributed by atoms with Gasteiger partial charge in [0.15, 0.2) is 5.78 Å². The highest BCUT2D eigenvalue weighted by Crippen LogP contribution is 2.76. The molecule has 0 amide bonds. The second kappa shape index (κ2) is 6.63. The van der Waals surface area contributed by atoms with Crippen LogP contribution < -0.4 is 0 Å². The maximum Gasteiger partial charge on any atom is 0.190 e. The fourth-order valence-electron chi connectivity index (χ4n) is 9.07. The summed E-state index contributed by atoms with van der Waals surface area (Å²) in [5, 5.41) is 0. The molecule has 4 nitrogen and oxygen atoms in total. The van der Waals surface area contributed by atoms with Crippen molar-refractivity contribution < 1.29 is 19.1 Å². The Kier molecular flexibility index (Phi) is 4.91.